The maximum atomic E-state index is 11.7. The van der Waals surface area contributed by atoms with E-state index in [2.05, 4.69) is 20.7 Å². The minimum Gasteiger partial charge on any atom is -0.349 e. The van der Waals surface area contributed by atoms with Gasteiger partial charge in [0, 0.05) is 28.9 Å². The summed E-state index contributed by atoms with van der Waals surface area (Å²) >= 11 is 0. The number of anilines is 1. The van der Waals surface area contributed by atoms with E-state index in [1.54, 1.807) is 13.2 Å². The zero-order valence-corrected chi connectivity index (χ0v) is 10.5. The first-order chi connectivity index (χ1) is 8.04. The SMILES string of the molecule is CC(CNC(=O)c1cncc(NN)n1)S(C)=O. The van der Waals surface area contributed by atoms with Gasteiger partial charge in [-0.25, -0.2) is 10.8 Å². The molecule has 0 fully saturated rings. The van der Waals surface area contributed by atoms with Gasteiger partial charge in [-0.15, -0.1) is 0 Å². The molecule has 7 nitrogen and oxygen atoms in total. The van der Waals surface area contributed by atoms with Gasteiger partial charge >= 0.3 is 0 Å². The van der Waals surface area contributed by atoms with E-state index in [4.69, 9.17) is 5.84 Å². The first-order valence-electron chi connectivity index (χ1n) is 4.93. The lowest BCUT2D eigenvalue weighted by atomic mass is 10.4. The first-order valence-corrected chi connectivity index (χ1v) is 6.55. The maximum absolute atomic E-state index is 11.7. The van der Waals surface area contributed by atoms with Gasteiger partial charge in [-0.2, -0.15) is 0 Å². The Bertz CT molecular complexity index is 426. The second kappa shape index (κ2) is 6.26. The van der Waals surface area contributed by atoms with Gasteiger partial charge < -0.3 is 10.7 Å². The average Bonchev–Trinajstić information content (AvgIpc) is 2.35. The molecule has 0 saturated carbocycles. The molecular formula is C9H15N5O2S. The van der Waals surface area contributed by atoms with Crippen LogP contribution in [0.1, 0.15) is 17.4 Å². The molecule has 1 aromatic heterocycles. The molecule has 8 heteroatoms. The number of hydrazine groups is 1. The first kappa shape index (κ1) is 13.5. The number of nitrogens with two attached hydrogens (primary N) is 1. The third-order valence-corrected chi connectivity index (χ3v) is 3.43. The van der Waals surface area contributed by atoms with Crippen molar-refractivity contribution in [2.75, 3.05) is 18.2 Å². The molecule has 0 spiro atoms. The smallest absolute Gasteiger partial charge is 0.271 e. The molecule has 4 N–H and O–H groups in total. The Morgan fingerprint density at radius 3 is 2.88 bits per heavy atom. The van der Waals surface area contributed by atoms with Crippen LogP contribution in [0.2, 0.25) is 0 Å². The molecule has 0 aliphatic rings. The summed E-state index contributed by atoms with van der Waals surface area (Å²) in [5.41, 5.74) is 2.46. The number of nitrogen functional groups attached to an aromatic ring is 1. The van der Waals surface area contributed by atoms with Gasteiger partial charge in [0.25, 0.3) is 5.91 Å². The summed E-state index contributed by atoms with van der Waals surface area (Å²) in [5, 5.41) is 2.52. The quantitative estimate of drug-likeness (QED) is 0.473. The van der Waals surface area contributed by atoms with Crippen LogP contribution in [0.15, 0.2) is 12.4 Å². The number of rotatable bonds is 5. The molecule has 2 atom stereocenters. The molecule has 0 aromatic carbocycles. The van der Waals surface area contributed by atoms with Crippen LogP contribution in [-0.2, 0) is 10.8 Å². The second-order valence-corrected chi connectivity index (χ2v) is 5.26. The van der Waals surface area contributed by atoms with E-state index in [1.165, 1.54) is 12.4 Å². The van der Waals surface area contributed by atoms with E-state index in [0.717, 1.165) is 0 Å². The fourth-order valence-electron chi connectivity index (χ4n) is 0.989. The van der Waals surface area contributed by atoms with Gasteiger partial charge in [-0.1, -0.05) is 0 Å². The van der Waals surface area contributed by atoms with E-state index in [9.17, 15) is 9.00 Å². The van der Waals surface area contributed by atoms with Gasteiger partial charge in [0.05, 0.1) is 12.4 Å². The summed E-state index contributed by atoms with van der Waals surface area (Å²) in [5.74, 6) is 5.10. The Balaban J connectivity index is 2.60. The number of carbonyl (C=O) groups is 1. The Morgan fingerprint density at radius 2 is 2.29 bits per heavy atom. The molecule has 17 heavy (non-hydrogen) atoms. The minimum atomic E-state index is -0.972. The van der Waals surface area contributed by atoms with E-state index >= 15 is 0 Å². The highest BCUT2D eigenvalue weighted by molar-refractivity contribution is 7.84. The van der Waals surface area contributed by atoms with Crippen LogP contribution in [0.25, 0.3) is 0 Å². The molecule has 0 bridgehead atoms. The van der Waals surface area contributed by atoms with Gasteiger partial charge in [0.2, 0.25) is 0 Å². The fourth-order valence-corrected chi connectivity index (χ4v) is 1.31. The van der Waals surface area contributed by atoms with Crippen LogP contribution in [0, 0.1) is 0 Å². The largest absolute Gasteiger partial charge is 0.349 e. The summed E-state index contributed by atoms with van der Waals surface area (Å²) in [6, 6.07) is 0. The number of nitrogens with one attached hydrogen (secondary N) is 2. The zero-order valence-electron chi connectivity index (χ0n) is 9.64. The van der Waals surface area contributed by atoms with Crippen LogP contribution >= 0.6 is 0 Å². The van der Waals surface area contributed by atoms with E-state index < -0.39 is 10.8 Å². The molecule has 0 aliphatic heterocycles. The lowest BCUT2D eigenvalue weighted by molar-refractivity contribution is 0.0949. The number of hydrogen-bond donors (Lipinski definition) is 3. The molecule has 0 aliphatic carbocycles. The van der Waals surface area contributed by atoms with Crippen LogP contribution < -0.4 is 16.6 Å². The Hall–Kier alpha value is -1.54. The van der Waals surface area contributed by atoms with E-state index in [1.807, 2.05) is 0 Å². The van der Waals surface area contributed by atoms with Crippen molar-refractivity contribution in [2.24, 2.45) is 5.84 Å². The summed E-state index contributed by atoms with van der Waals surface area (Å²) in [4.78, 5) is 19.4. The van der Waals surface area contributed by atoms with Crippen molar-refractivity contribution in [3.05, 3.63) is 18.1 Å². The van der Waals surface area contributed by atoms with Gasteiger partial charge in [-0.3, -0.25) is 14.0 Å². The number of nitrogens with zero attached hydrogens (tertiary/aromatic N) is 2. The molecule has 2 unspecified atom stereocenters. The summed E-state index contributed by atoms with van der Waals surface area (Å²) in [6.07, 6.45) is 4.33. The van der Waals surface area contributed by atoms with Crippen molar-refractivity contribution in [1.29, 1.82) is 0 Å². The van der Waals surface area contributed by atoms with Crippen molar-refractivity contribution < 1.29 is 9.00 Å². The Morgan fingerprint density at radius 1 is 1.59 bits per heavy atom. The van der Waals surface area contributed by atoms with Crippen molar-refractivity contribution in [1.82, 2.24) is 15.3 Å². The standard InChI is InChI=1S/C9H15N5O2S/c1-6(17(2)16)3-12-9(15)7-4-11-5-8(13-7)14-10/h4-6H,3,10H2,1-2H3,(H,12,15)(H,13,14). The Kier molecular flexibility index (Phi) is 4.98. The summed E-state index contributed by atoms with van der Waals surface area (Å²) in [7, 11) is -0.972. The number of amides is 1. The van der Waals surface area contributed by atoms with Crippen LogP contribution in [0.4, 0.5) is 5.82 Å². The van der Waals surface area contributed by atoms with Crippen LogP contribution in [0.3, 0.4) is 0 Å². The molecule has 1 rings (SSSR count). The average molecular weight is 257 g/mol. The predicted octanol–water partition coefficient (Wildman–Crippen LogP) is -0.741. The summed E-state index contributed by atoms with van der Waals surface area (Å²) in [6.45, 7) is 2.11. The van der Waals surface area contributed by atoms with Gasteiger partial charge in [-0.05, 0) is 6.92 Å². The second-order valence-electron chi connectivity index (χ2n) is 3.45. The van der Waals surface area contributed by atoms with Gasteiger partial charge in [0.1, 0.15) is 5.69 Å². The molecule has 1 aromatic rings. The van der Waals surface area contributed by atoms with Crippen molar-refractivity contribution in [2.45, 2.75) is 12.2 Å². The zero-order chi connectivity index (χ0) is 12.8. The lowest BCUT2D eigenvalue weighted by Crippen LogP contribution is -2.33. The topological polar surface area (TPSA) is 110 Å². The molecule has 94 valence electrons. The van der Waals surface area contributed by atoms with E-state index in [0.29, 0.717) is 12.4 Å². The molecule has 0 radical (unpaired) electrons. The van der Waals surface area contributed by atoms with Crippen molar-refractivity contribution in [3.63, 3.8) is 0 Å². The maximum Gasteiger partial charge on any atom is 0.271 e. The van der Waals surface area contributed by atoms with Crippen molar-refractivity contribution >= 4 is 22.5 Å². The summed E-state index contributed by atoms with van der Waals surface area (Å²) < 4.78 is 11.1. The van der Waals surface area contributed by atoms with Crippen molar-refractivity contribution in [3.8, 4) is 0 Å². The molecular weight excluding hydrogens is 242 g/mol. The third-order valence-electron chi connectivity index (χ3n) is 2.13. The van der Waals surface area contributed by atoms with E-state index in [-0.39, 0.29) is 16.9 Å². The highest BCUT2D eigenvalue weighted by atomic mass is 32.2. The predicted molar refractivity (Wildman–Crippen MR) is 65.7 cm³/mol. The normalized spacial score (nSPS) is 13.8. The lowest BCUT2D eigenvalue weighted by Gasteiger charge is -2.09. The number of carbonyl (C=O) groups excluding carboxylic acids is 1. The number of hydrogen-bond acceptors (Lipinski definition) is 6. The Labute approximate surface area is 102 Å². The van der Waals surface area contributed by atoms with Crippen LogP contribution in [0.5, 0.6) is 0 Å². The number of aromatic nitrogens is 2. The van der Waals surface area contributed by atoms with Gasteiger partial charge in [0.15, 0.2) is 5.82 Å². The fraction of sp³-hybridized carbons (Fsp3) is 0.444. The highest BCUT2D eigenvalue weighted by Crippen LogP contribution is 2.00. The third kappa shape index (κ3) is 4.08. The molecule has 0 saturated heterocycles. The van der Waals surface area contributed by atoms with Crippen LogP contribution in [-0.4, -0.2) is 38.1 Å². The highest BCUT2D eigenvalue weighted by Gasteiger charge is 2.11. The molecule has 1 amide bonds. The monoisotopic (exact) mass is 257 g/mol. The minimum absolute atomic E-state index is 0.109. The molecule has 1 heterocycles.